The zero-order chi connectivity index (χ0) is 22.9. The molecule has 0 unspecified atom stereocenters. The summed E-state index contributed by atoms with van der Waals surface area (Å²) < 4.78 is 29.1. The molecule has 5 heteroatoms. The van der Waals surface area contributed by atoms with Gasteiger partial charge < -0.3 is 14.2 Å². The van der Waals surface area contributed by atoms with E-state index in [0.29, 0.717) is 29.2 Å². The number of carbonyl (C=O) groups excluding carboxylic acids is 1. The third-order valence-electron chi connectivity index (χ3n) is 4.89. The van der Waals surface area contributed by atoms with Crippen molar-refractivity contribution in [1.82, 2.24) is 0 Å². The van der Waals surface area contributed by atoms with Crippen LogP contribution in [0.25, 0.3) is 12.2 Å². The van der Waals surface area contributed by atoms with Gasteiger partial charge in [0.2, 0.25) is 5.75 Å². The lowest BCUT2D eigenvalue weighted by Gasteiger charge is -2.12. The van der Waals surface area contributed by atoms with Gasteiger partial charge in [-0.25, -0.2) is 4.39 Å². The second-order valence-electron chi connectivity index (χ2n) is 7.01. The quantitative estimate of drug-likeness (QED) is 0.236. The molecule has 0 aliphatic rings. The largest absolute Gasteiger partial charge is 0.493 e. The Morgan fingerprint density at radius 3 is 1.97 bits per heavy atom. The van der Waals surface area contributed by atoms with Crippen LogP contribution in [0, 0.1) is 5.82 Å². The number of allylic oxidation sites excluding steroid dienone is 2. The van der Waals surface area contributed by atoms with E-state index in [4.69, 9.17) is 14.2 Å². The Kier molecular flexibility index (Phi) is 7.81. The topological polar surface area (TPSA) is 44.8 Å². The van der Waals surface area contributed by atoms with Crippen molar-refractivity contribution in [2.75, 3.05) is 21.3 Å². The Labute approximate surface area is 187 Å². The first-order valence-electron chi connectivity index (χ1n) is 10.1. The molecule has 3 rings (SSSR count). The summed E-state index contributed by atoms with van der Waals surface area (Å²) in [7, 11) is 4.75. The van der Waals surface area contributed by atoms with E-state index in [-0.39, 0.29) is 11.6 Å². The molecule has 164 valence electrons. The third-order valence-corrected chi connectivity index (χ3v) is 4.89. The summed E-state index contributed by atoms with van der Waals surface area (Å²) in [6, 6.07) is 17.4. The summed E-state index contributed by atoms with van der Waals surface area (Å²) in [5.74, 6) is 1.26. The maximum absolute atomic E-state index is 13.0. The lowest BCUT2D eigenvalue weighted by atomic mass is 10.1. The molecule has 32 heavy (non-hydrogen) atoms. The average Bonchev–Trinajstić information content (AvgIpc) is 2.83. The van der Waals surface area contributed by atoms with Crippen LogP contribution in [-0.2, 0) is 6.42 Å². The maximum atomic E-state index is 13.0. The fourth-order valence-corrected chi connectivity index (χ4v) is 3.17. The molecule has 0 saturated carbocycles. The number of halogens is 1. The molecule has 3 aromatic rings. The van der Waals surface area contributed by atoms with Crippen molar-refractivity contribution in [1.29, 1.82) is 0 Å². The minimum atomic E-state index is -0.357. The number of ketones is 1. The molecular formula is C27H25FO4. The van der Waals surface area contributed by atoms with Crippen LogP contribution in [0.5, 0.6) is 17.2 Å². The molecule has 0 radical (unpaired) electrons. The Hall–Kier alpha value is -3.86. The van der Waals surface area contributed by atoms with Crippen LogP contribution in [0.15, 0.2) is 72.8 Å². The van der Waals surface area contributed by atoms with Crippen LogP contribution in [0.3, 0.4) is 0 Å². The van der Waals surface area contributed by atoms with Gasteiger partial charge in [0, 0.05) is 5.56 Å². The molecule has 0 fully saturated rings. The molecule has 0 amide bonds. The molecule has 0 aromatic heterocycles. The van der Waals surface area contributed by atoms with Crippen molar-refractivity contribution < 1.29 is 23.4 Å². The lowest BCUT2D eigenvalue weighted by molar-refractivity contribution is 0.104. The Morgan fingerprint density at radius 1 is 0.812 bits per heavy atom. The number of ether oxygens (including phenoxy) is 3. The summed E-state index contributed by atoms with van der Waals surface area (Å²) in [5, 5.41) is 0. The highest BCUT2D eigenvalue weighted by Crippen LogP contribution is 2.38. The number of methoxy groups -OCH3 is 3. The van der Waals surface area contributed by atoms with Gasteiger partial charge in [-0.2, -0.15) is 0 Å². The minimum absolute atomic E-state index is 0.144. The van der Waals surface area contributed by atoms with E-state index in [9.17, 15) is 9.18 Å². The molecule has 4 nitrogen and oxygen atoms in total. The summed E-state index contributed by atoms with van der Waals surface area (Å²) in [5.41, 5.74) is 3.51. The average molecular weight is 432 g/mol. The number of hydrogen-bond donors (Lipinski definition) is 0. The summed E-state index contributed by atoms with van der Waals surface area (Å²) in [6.45, 7) is 0. The first-order valence-corrected chi connectivity index (χ1v) is 10.1. The normalized spacial score (nSPS) is 11.1. The van der Waals surface area contributed by atoms with Crippen molar-refractivity contribution >= 4 is 17.9 Å². The zero-order valence-corrected chi connectivity index (χ0v) is 18.3. The predicted molar refractivity (Wildman–Crippen MR) is 125 cm³/mol. The highest BCUT2D eigenvalue weighted by atomic mass is 19.1. The maximum Gasteiger partial charge on any atom is 0.203 e. The predicted octanol–water partition coefficient (Wildman–Crippen LogP) is 6.00. The molecular weight excluding hydrogens is 407 g/mol. The molecule has 0 bridgehead atoms. The van der Waals surface area contributed by atoms with Crippen LogP contribution in [0.2, 0.25) is 0 Å². The minimum Gasteiger partial charge on any atom is -0.493 e. The fraction of sp³-hybridized carbons (Fsp3) is 0.148. The van der Waals surface area contributed by atoms with E-state index in [0.717, 1.165) is 16.7 Å². The summed E-state index contributed by atoms with van der Waals surface area (Å²) in [4.78, 5) is 12.1. The first-order chi connectivity index (χ1) is 15.5. The highest BCUT2D eigenvalue weighted by Gasteiger charge is 2.11. The van der Waals surface area contributed by atoms with E-state index in [1.807, 2.05) is 54.6 Å². The van der Waals surface area contributed by atoms with Crippen LogP contribution in [0.1, 0.15) is 27.0 Å². The molecule has 0 spiro atoms. The van der Waals surface area contributed by atoms with E-state index in [1.54, 1.807) is 21.3 Å². The number of carbonyl (C=O) groups is 1. The van der Waals surface area contributed by atoms with Crippen LogP contribution < -0.4 is 14.2 Å². The van der Waals surface area contributed by atoms with Crippen molar-refractivity contribution in [2.24, 2.45) is 0 Å². The standard InChI is InChI=1S/C27H25FO4/c1-30-25-17-21(18-26(31-2)27(25)32-3)12-11-20-9-7-19(8-10-20)5-4-6-24(29)22-13-15-23(28)16-14-22/h4,6-18H,5H2,1-3H3/b6-4-,12-11-. The van der Waals surface area contributed by atoms with Crippen LogP contribution in [0.4, 0.5) is 4.39 Å². The van der Waals surface area contributed by atoms with E-state index in [1.165, 1.54) is 30.3 Å². The number of rotatable bonds is 9. The molecule has 0 aliphatic heterocycles. The van der Waals surface area contributed by atoms with E-state index >= 15 is 0 Å². The van der Waals surface area contributed by atoms with Gasteiger partial charge in [0.1, 0.15) is 5.82 Å². The summed E-state index contributed by atoms with van der Waals surface area (Å²) in [6.07, 6.45) is 7.93. The van der Waals surface area contributed by atoms with Gasteiger partial charge in [-0.05, 0) is 65.6 Å². The second kappa shape index (κ2) is 11.0. The van der Waals surface area contributed by atoms with Crippen LogP contribution in [-0.4, -0.2) is 27.1 Å². The zero-order valence-electron chi connectivity index (χ0n) is 18.3. The van der Waals surface area contributed by atoms with Crippen molar-refractivity contribution in [3.63, 3.8) is 0 Å². The number of hydrogen-bond acceptors (Lipinski definition) is 4. The molecule has 0 atom stereocenters. The first kappa shape index (κ1) is 22.8. The second-order valence-corrected chi connectivity index (χ2v) is 7.01. The smallest absolute Gasteiger partial charge is 0.203 e. The third kappa shape index (κ3) is 5.85. The van der Waals surface area contributed by atoms with Gasteiger partial charge >= 0.3 is 0 Å². The van der Waals surface area contributed by atoms with Gasteiger partial charge in [-0.1, -0.05) is 42.5 Å². The van der Waals surface area contributed by atoms with E-state index in [2.05, 4.69) is 0 Å². The van der Waals surface area contributed by atoms with Gasteiger partial charge in [-0.3, -0.25) is 4.79 Å². The number of benzene rings is 3. The molecule has 0 heterocycles. The fourth-order valence-electron chi connectivity index (χ4n) is 3.17. The highest BCUT2D eigenvalue weighted by molar-refractivity contribution is 6.04. The molecule has 0 aliphatic carbocycles. The lowest BCUT2D eigenvalue weighted by Crippen LogP contribution is -1.95. The molecule has 3 aromatic carbocycles. The van der Waals surface area contributed by atoms with Crippen molar-refractivity contribution in [3.8, 4) is 17.2 Å². The van der Waals surface area contributed by atoms with Gasteiger partial charge in [-0.15, -0.1) is 0 Å². The monoisotopic (exact) mass is 432 g/mol. The molecule has 0 N–H and O–H groups in total. The Bertz CT molecular complexity index is 1090. The van der Waals surface area contributed by atoms with Gasteiger partial charge in [0.25, 0.3) is 0 Å². The van der Waals surface area contributed by atoms with Gasteiger partial charge in [0.05, 0.1) is 21.3 Å². The Balaban J connectivity index is 1.64. The van der Waals surface area contributed by atoms with E-state index < -0.39 is 0 Å². The van der Waals surface area contributed by atoms with Gasteiger partial charge in [0.15, 0.2) is 17.3 Å². The van der Waals surface area contributed by atoms with Crippen LogP contribution >= 0.6 is 0 Å². The van der Waals surface area contributed by atoms with Crippen molar-refractivity contribution in [2.45, 2.75) is 6.42 Å². The Morgan fingerprint density at radius 2 is 1.41 bits per heavy atom. The summed E-state index contributed by atoms with van der Waals surface area (Å²) >= 11 is 0. The molecule has 0 saturated heterocycles. The SMILES string of the molecule is COc1cc(/C=C\c2ccc(C/C=C\C(=O)c3ccc(F)cc3)cc2)cc(OC)c1OC. The van der Waals surface area contributed by atoms with Crippen molar-refractivity contribution in [3.05, 3.63) is 101 Å².